The molecule has 0 bridgehead atoms. The average Bonchev–Trinajstić information content (AvgIpc) is 2.47. The van der Waals surface area contributed by atoms with Crippen molar-refractivity contribution in [1.29, 1.82) is 0 Å². The van der Waals surface area contributed by atoms with Gasteiger partial charge in [-0.3, -0.25) is 0 Å². The fraction of sp³-hybridized carbons (Fsp3) is 0.294. The molecule has 0 aromatic heterocycles. The minimum Gasteiger partial charge on any atom is -0.497 e. The number of ether oxygens (including phenoxy) is 1. The van der Waals surface area contributed by atoms with E-state index >= 15 is 0 Å². The highest BCUT2D eigenvalue weighted by Gasteiger charge is 2.22. The van der Waals surface area contributed by atoms with Gasteiger partial charge in [0.2, 0.25) is 0 Å². The highest BCUT2D eigenvalue weighted by molar-refractivity contribution is 6.30. The maximum absolute atomic E-state index is 10.6. The Kier molecular flexibility index (Phi) is 5.23. The van der Waals surface area contributed by atoms with Crippen LogP contribution in [0.5, 0.6) is 5.75 Å². The van der Waals surface area contributed by atoms with Gasteiger partial charge in [-0.2, -0.15) is 0 Å². The first-order chi connectivity index (χ1) is 10.0. The third kappa shape index (κ3) is 3.76. The number of rotatable bonds is 5. The molecule has 0 heterocycles. The zero-order chi connectivity index (χ0) is 15.4. The minimum absolute atomic E-state index is 0.186. The molecule has 0 aliphatic carbocycles. The molecular weight excluding hydrogens is 286 g/mol. The Morgan fingerprint density at radius 1 is 1.14 bits per heavy atom. The molecule has 0 aliphatic heterocycles. The van der Waals surface area contributed by atoms with E-state index in [0.717, 1.165) is 22.4 Å². The van der Waals surface area contributed by atoms with Gasteiger partial charge >= 0.3 is 0 Å². The van der Waals surface area contributed by atoms with Crippen molar-refractivity contribution < 1.29 is 9.84 Å². The Morgan fingerprint density at radius 3 is 2.33 bits per heavy atom. The van der Waals surface area contributed by atoms with Gasteiger partial charge < -0.3 is 15.6 Å². The van der Waals surface area contributed by atoms with Crippen molar-refractivity contribution in [2.24, 2.45) is 5.73 Å². The van der Waals surface area contributed by atoms with E-state index in [4.69, 9.17) is 22.1 Å². The van der Waals surface area contributed by atoms with Crippen LogP contribution < -0.4 is 10.5 Å². The second-order valence-electron chi connectivity index (χ2n) is 5.12. The van der Waals surface area contributed by atoms with E-state index in [1.54, 1.807) is 13.2 Å². The van der Waals surface area contributed by atoms with Crippen LogP contribution in [-0.2, 0) is 0 Å². The standard InChI is InChI=1S/C17H20ClNO2/c1-11-7-13(9-14(18)8-11)17(20)16(10-19)12-3-5-15(21-2)6-4-12/h3-9,16-17,20H,10,19H2,1-2H3. The van der Waals surface area contributed by atoms with Crippen LogP contribution >= 0.6 is 11.6 Å². The van der Waals surface area contributed by atoms with E-state index in [0.29, 0.717) is 11.6 Å². The van der Waals surface area contributed by atoms with Gasteiger partial charge in [-0.25, -0.2) is 0 Å². The van der Waals surface area contributed by atoms with Crippen LogP contribution in [-0.4, -0.2) is 18.8 Å². The minimum atomic E-state index is -0.694. The lowest BCUT2D eigenvalue weighted by Gasteiger charge is -2.23. The van der Waals surface area contributed by atoms with Crippen LogP contribution in [0.15, 0.2) is 42.5 Å². The molecule has 2 aromatic carbocycles. The summed E-state index contributed by atoms with van der Waals surface area (Å²) < 4.78 is 5.15. The molecule has 0 saturated carbocycles. The molecular formula is C17H20ClNO2. The number of aliphatic hydroxyl groups excluding tert-OH is 1. The molecule has 2 aromatic rings. The third-order valence-electron chi connectivity index (χ3n) is 3.58. The molecule has 21 heavy (non-hydrogen) atoms. The van der Waals surface area contributed by atoms with Crippen LogP contribution in [0.2, 0.25) is 5.02 Å². The maximum atomic E-state index is 10.6. The molecule has 3 N–H and O–H groups in total. The Morgan fingerprint density at radius 2 is 1.81 bits per heavy atom. The van der Waals surface area contributed by atoms with Crippen molar-refractivity contribution in [2.45, 2.75) is 18.9 Å². The van der Waals surface area contributed by atoms with Gasteiger partial charge in [-0.05, 0) is 47.9 Å². The summed E-state index contributed by atoms with van der Waals surface area (Å²) in [6, 6.07) is 13.2. The Balaban J connectivity index is 2.30. The summed E-state index contributed by atoms with van der Waals surface area (Å²) >= 11 is 6.07. The smallest absolute Gasteiger partial charge is 0.118 e. The van der Waals surface area contributed by atoms with Gasteiger partial charge in [0, 0.05) is 17.5 Å². The summed E-state index contributed by atoms with van der Waals surface area (Å²) in [6.07, 6.45) is -0.694. The average molecular weight is 306 g/mol. The SMILES string of the molecule is COc1ccc(C(CN)C(O)c2cc(C)cc(Cl)c2)cc1. The van der Waals surface area contributed by atoms with Gasteiger partial charge in [-0.15, -0.1) is 0 Å². The fourth-order valence-corrected chi connectivity index (χ4v) is 2.76. The predicted molar refractivity (Wildman–Crippen MR) is 85.9 cm³/mol. The first-order valence-corrected chi connectivity index (χ1v) is 7.22. The molecule has 2 rings (SSSR count). The molecule has 2 unspecified atom stereocenters. The zero-order valence-electron chi connectivity index (χ0n) is 12.2. The van der Waals surface area contributed by atoms with Crippen LogP contribution in [0.1, 0.15) is 28.7 Å². The molecule has 0 saturated heterocycles. The van der Waals surface area contributed by atoms with E-state index in [9.17, 15) is 5.11 Å². The molecule has 4 heteroatoms. The first-order valence-electron chi connectivity index (χ1n) is 6.84. The Hall–Kier alpha value is -1.55. The summed E-state index contributed by atoms with van der Waals surface area (Å²) in [5.41, 5.74) is 8.64. The summed E-state index contributed by atoms with van der Waals surface area (Å²) in [5.74, 6) is 0.594. The molecule has 0 amide bonds. The van der Waals surface area contributed by atoms with Crippen molar-refractivity contribution in [3.05, 3.63) is 64.2 Å². The topological polar surface area (TPSA) is 55.5 Å². The van der Waals surface area contributed by atoms with Crippen molar-refractivity contribution in [2.75, 3.05) is 13.7 Å². The second-order valence-corrected chi connectivity index (χ2v) is 5.56. The summed E-state index contributed by atoms with van der Waals surface area (Å²) in [5, 5.41) is 11.3. The van der Waals surface area contributed by atoms with Crippen LogP contribution in [0.3, 0.4) is 0 Å². The van der Waals surface area contributed by atoms with E-state index in [2.05, 4.69) is 0 Å². The molecule has 112 valence electrons. The molecule has 0 radical (unpaired) electrons. The van der Waals surface area contributed by atoms with Gasteiger partial charge in [0.05, 0.1) is 13.2 Å². The van der Waals surface area contributed by atoms with Gasteiger partial charge in [0.1, 0.15) is 5.75 Å². The van der Waals surface area contributed by atoms with Crippen molar-refractivity contribution in [1.82, 2.24) is 0 Å². The lowest BCUT2D eigenvalue weighted by Crippen LogP contribution is -2.20. The van der Waals surface area contributed by atoms with Crippen molar-refractivity contribution in [3.8, 4) is 5.75 Å². The number of aliphatic hydroxyl groups is 1. The van der Waals surface area contributed by atoms with Gasteiger partial charge in [0.25, 0.3) is 0 Å². The maximum Gasteiger partial charge on any atom is 0.118 e. The largest absolute Gasteiger partial charge is 0.497 e. The Labute approximate surface area is 130 Å². The Bertz CT molecular complexity index is 578. The summed E-state index contributed by atoms with van der Waals surface area (Å²) in [4.78, 5) is 0. The number of halogens is 1. The van der Waals surface area contributed by atoms with Crippen molar-refractivity contribution in [3.63, 3.8) is 0 Å². The number of hydrogen-bond donors (Lipinski definition) is 2. The number of hydrogen-bond acceptors (Lipinski definition) is 3. The quantitative estimate of drug-likeness (QED) is 0.890. The van der Waals surface area contributed by atoms with Gasteiger partial charge in [-0.1, -0.05) is 29.8 Å². The summed E-state index contributed by atoms with van der Waals surface area (Å²) in [6.45, 7) is 2.30. The molecule has 2 atom stereocenters. The number of nitrogens with two attached hydrogens (primary N) is 1. The molecule has 0 aliphatic rings. The second kappa shape index (κ2) is 6.94. The monoisotopic (exact) mass is 305 g/mol. The van der Waals surface area contributed by atoms with Gasteiger partial charge in [0.15, 0.2) is 0 Å². The van der Waals surface area contributed by atoms with E-state index in [-0.39, 0.29) is 5.92 Å². The zero-order valence-corrected chi connectivity index (χ0v) is 13.0. The van der Waals surface area contributed by atoms with Crippen LogP contribution in [0.25, 0.3) is 0 Å². The third-order valence-corrected chi connectivity index (χ3v) is 3.80. The number of benzene rings is 2. The fourth-order valence-electron chi connectivity index (χ4n) is 2.47. The van der Waals surface area contributed by atoms with Crippen LogP contribution in [0.4, 0.5) is 0 Å². The molecule has 3 nitrogen and oxygen atoms in total. The summed E-state index contributed by atoms with van der Waals surface area (Å²) in [7, 11) is 1.62. The lowest BCUT2D eigenvalue weighted by molar-refractivity contribution is 0.147. The number of aryl methyl sites for hydroxylation is 1. The van der Waals surface area contributed by atoms with Crippen molar-refractivity contribution >= 4 is 11.6 Å². The first kappa shape index (κ1) is 15.8. The molecule has 0 fully saturated rings. The molecule has 0 spiro atoms. The van der Waals surface area contributed by atoms with Crippen LogP contribution in [0, 0.1) is 6.92 Å². The highest BCUT2D eigenvalue weighted by atomic mass is 35.5. The normalized spacial score (nSPS) is 13.8. The van der Waals surface area contributed by atoms with E-state index in [1.807, 2.05) is 43.3 Å². The van der Waals surface area contributed by atoms with E-state index < -0.39 is 6.10 Å². The lowest BCUT2D eigenvalue weighted by atomic mass is 9.88. The number of methoxy groups -OCH3 is 1. The predicted octanol–water partition coefficient (Wildman–Crippen LogP) is 3.43. The highest BCUT2D eigenvalue weighted by Crippen LogP contribution is 2.32. The van der Waals surface area contributed by atoms with E-state index in [1.165, 1.54) is 0 Å².